The summed E-state index contributed by atoms with van der Waals surface area (Å²) in [7, 11) is 0. The summed E-state index contributed by atoms with van der Waals surface area (Å²) < 4.78 is 77.7. The molecular weight excluding hydrogens is 278 g/mol. The van der Waals surface area contributed by atoms with Gasteiger partial charge in [0.1, 0.15) is 5.02 Å². The molecule has 0 unspecified atom stereocenters. The summed E-state index contributed by atoms with van der Waals surface area (Å²) in [4.78, 5) is 0. The normalized spacial score (nSPS) is 11.8. The summed E-state index contributed by atoms with van der Waals surface area (Å²) in [5, 5.41) is 7.15. The summed E-state index contributed by atoms with van der Waals surface area (Å²) in [5.74, 6) is -7.62. The van der Waals surface area contributed by atoms with Gasteiger partial charge in [-0.25, -0.2) is 13.2 Å². The third kappa shape index (κ3) is 2.75. The van der Waals surface area contributed by atoms with Crippen LogP contribution in [0.1, 0.15) is 5.56 Å². The van der Waals surface area contributed by atoms with Crippen LogP contribution in [0.2, 0.25) is 5.02 Å². The molecule has 1 aromatic rings. The fraction of sp³-hybridized carbons (Fsp3) is 0.250. The Hall–Kier alpha value is -1.15. The second kappa shape index (κ2) is 4.61. The Kier molecular flexibility index (Phi) is 3.78. The molecule has 0 aliphatic heterocycles. The monoisotopic (exact) mass is 280 g/mol. The van der Waals surface area contributed by atoms with Gasteiger partial charge >= 0.3 is 6.36 Å². The van der Waals surface area contributed by atoms with Crippen molar-refractivity contribution in [1.29, 1.82) is 0 Å². The first-order chi connectivity index (χ1) is 7.69. The Labute approximate surface area is 95.4 Å². The smallest absolute Gasteiger partial charge is 0.399 e. The van der Waals surface area contributed by atoms with E-state index in [9.17, 15) is 26.3 Å². The summed E-state index contributed by atoms with van der Waals surface area (Å²) in [6.45, 7) is -1.30. The number of rotatable bonds is 2. The number of halogens is 7. The number of benzene rings is 1. The first kappa shape index (κ1) is 13.9. The van der Waals surface area contributed by atoms with Crippen molar-refractivity contribution < 1.29 is 36.2 Å². The molecule has 0 bridgehead atoms. The molecule has 96 valence electrons. The van der Waals surface area contributed by atoms with E-state index < -0.39 is 46.8 Å². The van der Waals surface area contributed by atoms with Gasteiger partial charge in [-0.2, -0.15) is 0 Å². The average Bonchev–Trinajstić information content (AvgIpc) is 2.21. The zero-order valence-corrected chi connectivity index (χ0v) is 8.46. The molecule has 0 aliphatic rings. The van der Waals surface area contributed by atoms with Crippen LogP contribution < -0.4 is 4.74 Å². The summed E-state index contributed by atoms with van der Waals surface area (Å²) in [5.41, 5.74) is -1.21. The topological polar surface area (TPSA) is 29.5 Å². The quantitative estimate of drug-likeness (QED) is 0.512. The second-order valence-corrected chi connectivity index (χ2v) is 3.15. The van der Waals surface area contributed by atoms with Crippen molar-refractivity contribution in [1.82, 2.24) is 0 Å². The molecule has 0 amide bonds. The van der Waals surface area contributed by atoms with Crippen LogP contribution in [0.3, 0.4) is 0 Å². The van der Waals surface area contributed by atoms with Crippen molar-refractivity contribution in [2.75, 3.05) is 0 Å². The van der Waals surface area contributed by atoms with Gasteiger partial charge < -0.3 is 9.84 Å². The zero-order chi connectivity index (χ0) is 13.4. The molecule has 9 heteroatoms. The third-order valence-electron chi connectivity index (χ3n) is 1.69. The van der Waals surface area contributed by atoms with Crippen LogP contribution in [0.25, 0.3) is 0 Å². The first-order valence-electron chi connectivity index (χ1n) is 3.90. The lowest BCUT2D eigenvalue weighted by Crippen LogP contribution is -2.20. The van der Waals surface area contributed by atoms with E-state index in [0.29, 0.717) is 0 Å². The predicted molar refractivity (Wildman–Crippen MR) is 43.9 cm³/mol. The van der Waals surface area contributed by atoms with Gasteiger partial charge in [0.25, 0.3) is 0 Å². The minimum Gasteiger partial charge on any atom is -0.399 e. The van der Waals surface area contributed by atoms with Gasteiger partial charge in [0.05, 0.1) is 12.2 Å². The van der Waals surface area contributed by atoms with Gasteiger partial charge in [0, 0.05) is 0 Å². The molecule has 1 aromatic carbocycles. The largest absolute Gasteiger partial charge is 0.573 e. The Morgan fingerprint density at radius 2 is 1.59 bits per heavy atom. The van der Waals surface area contributed by atoms with Crippen LogP contribution in [0.4, 0.5) is 26.3 Å². The molecule has 0 aromatic heterocycles. The molecule has 0 saturated carbocycles. The number of aliphatic hydroxyl groups excluding tert-OH is 1. The molecule has 0 aliphatic carbocycles. The van der Waals surface area contributed by atoms with Gasteiger partial charge in [-0.1, -0.05) is 11.6 Å². The molecule has 0 fully saturated rings. The number of hydrogen-bond acceptors (Lipinski definition) is 2. The Balaban J connectivity index is 3.45. The molecule has 0 heterocycles. The van der Waals surface area contributed by atoms with Gasteiger partial charge in [-0.15, -0.1) is 13.2 Å². The van der Waals surface area contributed by atoms with E-state index in [1.807, 2.05) is 0 Å². The highest BCUT2D eigenvalue weighted by atomic mass is 35.5. The van der Waals surface area contributed by atoms with E-state index in [4.69, 9.17) is 16.7 Å². The van der Waals surface area contributed by atoms with E-state index in [0.717, 1.165) is 0 Å². The number of hydrogen-bond donors (Lipinski definition) is 1. The maximum Gasteiger partial charge on any atom is 0.573 e. The second-order valence-electron chi connectivity index (χ2n) is 2.77. The fourth-order valence-electron chi connectivity index (χ4n) is 1.00. The number of ether oxygens (including phenoxy) is 1. The summed E-state index contributed by atoms with van der Waals surface area (Å²) >= 11 is 4.99. The molecule has 0 atom stereocenters. The van der Waals surface area contributed by atoms with Crippen molar-refractivity contribution in [3.05, 3.63) is 28.0 Å². The Bertz CT molecular complexity index is 445. The fourth-order valence-corrected chi connectivity index (χ4v) is 1.20. The highest BCUT2D eigenvalue weighted by molar-refractivity contribution is 6.31. The molecule has 1 N–H and O–H groups in total. The number of aliphatic hydroxyl groups is 1. The van der Waals surface area contributed by atoms with Crippen molar-refractivity contribution in [3.63, 3.8) is 0 Å². The van der Waals surface area contributed by atoms with Crippen molar-refractivity contribution >= 4 is 11.6 Å². The van der Waals surface area contributed by atoms with Crippen molar-refractivity contribution in [2.24, 2.45) is 0 Å². The minimum absolute atomic E-state index is 1.21. The summed E-state index contributed by atoms with van der Waals surface area (Å²) in [6, 6.07) is 0. The first-order valence-corrected chi connectivity index (χ1v) is 4.28. The van der Waals surface area contributed by atoms with Crippen LogP contribution in [0.5, 0.6) is 5.75 Å². The standard InChI is InChI=1S/C8H3ClF6O2/c9-3-4(10)2(1-16)5(11)7(6(3)12)17-8(13,14)15/h16H,1H2. The lowest BCUT2D eigenvalue weighted by Gasteiger charge is -2.13. The molecule has 2 nitrogen and oxygen atoms in total. The van der Waals surface area contributed by atoms with Gasteiger partial charge in [-0.05, 0) is 0 Å². The number of alkyl halides is 3. The van der Waals surface area contributed by atoms with Crippen LogP contribution >= 0.6 is 11.6 Å². The minimum atomic E-state index is -5.38. The zero-order valence-electron chi connectivity index (χ0n) is 7.71. The van der Waals surface area contributed by atoms with E-state index in [-0.39, 0.29) is 0 Å². The SMILES string of the molecule is OCc1c(F)c(Cl)c(F)c(OC(F)(F)F)c1F. The van der Waals surface area contributed by atoms with Gasteiger partial charge in [0.2, 0.25) is 5.75 Å². The van der Waals surface area contributed by atoms with Crippen LogP contribution in [-0.2, 0) is 6.61 Å². The third-order valence-corrected chi connectivity index (χ3v) is 2.02. The lowest BCUT2D eigenvalue weighted by molar-refractivity contribution is -0.276. The predicted octanol–water partition coefficient (Wildman–Crippen LogP) is 3.15. The van der Waals surface area contributed by atoms with E-state index in [1.165, 1.54) is 0 Å². The molecule has 0 spiro atoms. The molecule has 1 rings (SSSR count). The molecule has 0 saturated heterocycles. The van der Waals surface area contributed by atoms with E-state index in [1.54, 1.807) is 0 Å². The van der Waals surface area contributed by atoms with Crippen LogP contribution in [-0.4, -0.2) is 11.5 Å². The average molecular weight is 281 g/mol. The molecule has 0 radical (unpaired) electrons. The highest BCUT2D eigenvalue weighted by Crippen LogP contribution is 2.36. The van der Waals surface area contributed by atoms with E-state index >= 15 is 0 Å². The Morgan fingerprint density at radius 1 is 1.06 bits per heavy atom. The lowest BCUT2D eigenvalue weighted by atomic mass is 10.2. The van der Waals surface area contributed by atoms with Crippen molar-refractivity contribution in [3.8, 4) is 5.75 Å². The summed E-state index contributed by atoms with van der Waals surface area (Å²) in [6.07, 6.45) is -5.38. The van der Waals surface area contributed by atoms with Gasteiger partial charge in [-0.3, -0.25) is 0 Å². The maximum absolute atomic E-state index is 13.2. The van der Waals surface area contributed by atoms with Crippen LogP contribution in [0, 0.1) is 17.5 Å². The molecular formula is C8H3ClF6O2. The molecule has 17 heavy (non-hydrogen) atoms. The van der Waals surface area contributed by atoms with Crippen LogP contribution in [0.15, 0.2) is 0 Å². The maximum atomic E-state index is 13.2. The Morgan fingerprint density at radius 3 is 2.00 bits per heavy atom. The van der Waals surface area contributed by atoms with Crippen molar-refractivity contribution in [2.45, 2.75) is 13.0 Å². The van der Waals surface area contributed by atoms with Gasteiger partial charge in [0.15, 0.2) is 17.5 Å². The van der Waals surface area contributed by atoms with E-state index in [2.05, 4.69) is 4.74 Å². The highest BCUT2D eigenvalue weighted by Gasteiger charge is 2.36.